The molecule has 0 saturated carbocycles. The molecule has 22 heavy (non-hydrogen) atoms. The number of carbonyl (C=O) groups is 2. The highest BCUT2D eigenvalue weighted by Gasteiger charge is 2.51. The molecule has 0 bridgehead atoms. The highest BCUT2D eigenvalue weighted by molar-refractivity contribution is 5.93. The Balaban J connectivity index is 1.58. The summed E-state index contributed by atoms with van der Waals surface area (Å²) in [5, 5.41) is 6.47. The topological polar surface area (TPSA) is 81.8 Å². The standard InChI is InChI=1S/C14H21N5O3/c1-17(2)13(21)11-6-22-14(7-18(11)3)8-19(9-14)12(20)10-4-5-15-16-10/h4-5,11H,6-9H2,1-3H3,(H,15,16)/t11-/m0/s1. The van der Waals surface area contributed by atoms with Crippen molar-refractivity contribution in [3.05, 3.63) is 18.0 Å². The number of aromatic nitrogens is 2. The number of hydrogen-bond donors (Lipinski definition) is 1. The Hall–Kier alpha value is -1.93. The predicted octanol–water partition coefficient (Wildman–Crippen LogP) is -0.977. The number of amides is 2. The van der Waals surface area contributed by atoms with Crippen LogP contribution in [0.1, 0.15) is 10.5 Å². The van der Waals surface area contributed by atoms with E-state index >= 15 is 0 Å². The van der Waals surface area contributed by atoms with E-state index in [1.54, 1.807) is 36.2 Å². The summed E-state index contributed by atoms with van der Waals surface area (Å²) in [6.07, 6.45) is 1.56. The number of nitrogens with zero attached hydrogens (tertiary/aromatic N) is 4. The lowest BCUT2D eigenvalue weighted by Crippen LogP contribution is -2.73. The van der Waals surface area contributed by atoms with Crippen molar-refractivity contribution in [1.82, 2.24) is 24.9 Å². The Morgan fingerprint density at radius 3 is 2.68 bits per heavy atom. The van der Waals surface area contributed by atoms with Crippen LogP contribution in [0.5, 0.6) is 0 Å². The summed E-state index contributed by atoms with van der Waals surface area (Å²) in [5.41, 5.74) is 0.132. The van der Waals surface area contributed by atoms with Crippen molar-refractivity contribution in [3.63, 3.8) is 0 Å². The smallest absolute Gasteiger partial charge is 0.272 e. The molecule has 3 rings (SSSR count). The number of carbonyl (C=O) groups excluding carboxylic acids is 2. The number of ether oxygens (including phenoxy) is 1. The van der Waals surface area contributed by atoms with Crippen LogP contribution < -0.4 is 0 Å². The van der Waals surface area contributed by atoms with Crippen LogP contribution in [0.3, 0.4) is 0 Å². The molecule has 0 aliphatic carbocycles. The number of nitrogens with one attached hydrogen (secondary N) is 1. The van der Waals surface area contributed by atoms with E-state index in [-0.39, 0.29) is 23.5 Å². The lowest BCUT2D eigenvalue weighted by Gasteiger charge is -2.54. The lowest BCUT2D eigenvalue weighted by molar-refractivity contribution is -0.190. The second-order valence-electron chi connectivity index (χ2n) is 6.29. The summed E-state index contributed by atoms with van der Waals surface area (Å²) in [4.78, 5) is 29.6. The fourth-order valence-electron chi connectivity index (χ4n) is 3.08. The molecule has 8 nitrogen and oxygen atoms in total. The molecule has 0 aromatic carbocycles. The minimum atomic E-state index is -0.354. The summed E-state index contributed by atoms with van der Waals surface area (Å²) in [6.45, 7) is 2.08. The van der Waals surface area contributed by atoms with Crippen LogP contribution in [0.25, 0.3) is 0 Å². The number of rotatable bonds is 2. The molecule has 120 valence electrons. The van der Waals surface area contributed by atoms with Gasteiger partial charge in [-0.15, -0.1) is 0 Å². The predicted molar refractivity (Wildman–Crippen MR) is 78.3 cm³/mol. The molecular formula is C14H21N5O3. The molecule has 1 aromatic rings. The van der Waals surface area contributed by atoms with Crippen molar-refractivity contribution >= 4 is 11.8 Å². The van der Waals surface area contributed by atoms with Gasteiger partial charge in [0, 0.05) is 26.8 Å². The molecule has 0 unspecified atom stereocenters. The van der Waals surface area contributed by atoms with Gasteiger partial charge >= 0.3 is 0 Å². The van der Waals surface area contributed by atoms with Gasteiger partial charge in [-0.05, 0) is 13.1 Å². The average molecular weight is 307 g/mol. The van der Waals surface area contributed by atoms with E-state index in [2.05, 4.69) is 10.2 Å². The van der Waals surface area contributed by atoms with Crippen molar-refractivity contribution in [2.45, 2.75) is 11.6 Å². The van der Waals surface area contributed by atoms with Crippen LogP contribution in [0, 0.1) is 0 Å². The molecule has 8 heteroatoms. The molecule has 1 aromatic heterocycles. The number of morpholine rings is 1. The second kappa shape index (κ2) is 5.36. The van der Waals surface area contributed by atoms with Crippen LogP contribution in [0.15, 0.2) is 12.3 Å². The van der Waals surface area contributed by atoms with Gasteiger partial charge in [0.15, 0.2) is 0 Å². The molecule has 0 radical (unpaired) electrons. The third kappa shape index (κ3) is 2.48. The highest BCUT2D eigenvalue weighted by Crippen LogP contribution is 2.31. The molecule has 2 aliphatic rings. The normalized spacial score (nSPS) is 24.1. The Morgan fingerprint density at radius 2 is 2.14 bits per heavy atom. The molecule has 1 spiro atoms. The van der Waals surface area contributed by atoms with Gasteiger partial charge < -0.3 is 14.5 Å². The molecule has 3 heterocycles. The zero-order valence-corrected chi connectivity index (χ0v) is 13.1. The maximum Gasteiger partial charge on any atom is 0.272 e. The molecule has 1 N–H and O–H groups in total. The van der Waals surface area contributed by atoms with Gasteiger partial charge in [0.1, 0.15) is 17.3 Å². The van der Waals surface area contributed by atoms with E-state index in [0.717, 1.165) is 0 Å². The highest BCUT2D eigenvalue weighted by atomic mass is 16.5. The van der Waals surface area contributed by atoms with E-state index < -0.39 is 0 Å². The number of likely N-dealkylation sites (N-methyl/N-ethyl adjacent to an activating group) is 2. The van der Waals surface area contributed by atoms with Crippen LogP contribution in [-0.2, 0) is 9.53 Å². The van der Waals surface area contributed by atoms with E-state index in [0.29, 0.717) is 31.9 Å². The van der Waals surface area contributed by atoms with E-state index in [1.807, 2.05) is 11.9 Å². The van der Waals surface area contributed by atoms with Crippen LogP contribution in [-0.4, -0.2) is 95.7 Å². The largest absolute Gasteiger partial charge is 0.368 e. The summed E-state index contributed by atoms with van der Waals surface area (Å²) >= 11 is 0. The van der Waals surface area contributed by atoms with Crippen molar-refractivity contribution < 1.29 is 14.3 Å². The maximum absolute atomic E-state index is 12.2. The van der Waals surface area contributed by atoms with Crippen LogP contribution >= 0.6 is 0 Å². The zero-order chi connectivity index (χ0) is 15.9. The Labute approximate surface area is 129 Å². The van der Waals surface area contributed by atoms with Gasteiger partial charge in [-0.25, -0.2) is 0 Å². The Morgan fingerprint density at radius 1 is 1.41 bits per heavy atom. The van der Waals surface area contributed by atoms with Gasteiger partial charge in [-0.3, -0.25) is 19.6 Å². The number of aromatic amines is 1. The van der Waals surface area contributed by atoms with Gasteiger partial charge in [-0.1, -0.05) is 0 Å². The fourth-order valence-corrected chi connectivity index (χ4v) is 3.08. The minimum Gasteiger partial charge on any atom is -0.368 e. The SMILES string of the molecule is CN(C)C(=O)[C@@H]1COC2(CN(C(=O)c3ccn[nH]3)C2)CN1C. The van der Waals surface area contributed by atoms with Gasteiger partial charge in [0.2, 0.25) is 5.91 Å². The van der Waals surface area contributed by atoms with Gasteiger partial charge in [-0.2, -0.15) is 5.10 Å². The van der Waals surface area contributed by atoms with Crippen molar-refractivity contribution in [3.8, 4) is 0 Å². The average Bonchev–Trinajstić information content (AvgIpc) is 2.97. The number of H-pyrrole nitrogens is 1. The number of hydrogen-bond acceptors (Lipinski definition) is 5. The van der Waals surface area contributed by atoms with Gasteiger partial charge in [0.05, 0.1) is 19.7 Å². The van der Waals surface area contributed by atoms with Gasteiger partial charge in [0.25, 0.3) is 5.91 Å². The third-order valence-corrected chi connectivity index (χ3v) is 4.32. The molecule has 2 amide bonds. The maximum atomic E-state index is 12.2. The summed E-state index contributed by atoms with van der Waals surface area (Å²) in [6, 6.07) is 1.41. The van der Waals surface area contributed by atoms with E-state index in [4.69, 9.17) is 4.74 Å². The van der Waals surface area contributed by atoms with Crippen molar-refractivity contribution in [2.75, 3.05) is 47.4 Å². The zero-order valence-electron chi connectivity index (χ0n) is 13.1. The molecule has 2 aliphatic heterocycles. The first-order valence-electron chi connectivity index (χ1n) is 7.26. The Kier molecular flexibility index (Phi) is 3.65. The summed E-state index contributed by atoms with van der Waals surface area (Å²) in [7, 11) is 5.42. The quantitative estimate of drug-likeness (QED) is 0.760. The molecule has 2 saturated heterocycles. The van der Waals surface area contributed by atoms with E-state index in [1.165, 1.54) is 0 Å². The lowest BCUT2D eigenvalue weighted by atomic mass is 9.90. The first-order valence-corrected chi connectivity index (χ1v) is 7.26. The second-order valence-corrected chi connectivity index (χ2v) is 6.29. The Bertz CT molecular complexity index is 565. The van der Waals surface area contributed by atoms with Crippen molar-refractivity contribution in [1.29, 1.82) is 0 Å². The summed E-state index contributed by atoms with van der Waals surface area (Å²) in [5.74, 6) is -0.0251. The first kappa shape index (κ1) is 15.0. The molecule has 1 atom stereocenters. The van der Waals surface area contributed by atoms with E-state index in [9.17, 15) is 9.59 Å². The minimum absolute atomic E-state index is 0.0436. The van der Waals surface area contributed by atoms with Crippen molar-refractivity contribution in [2.24, 2.45) is 0 Å². The number of likely N-dealkylation sites (tertiary alicyclic amines) is 1. The third-order valence-electron chi connectivity index (χ3n) is 4.32. The monoisotopic (exact) mass is 307 g/mol. The molecule has 2 fully saturated rings. The fraction of sp³-hybridized carbons (Fsp3) is 0.643. The summed E-state index contributed by atoms with van der Waals surface area (Å²) < 4.78 is 5.94. The van der Waals surface area contributed by atoms with Crippen LogP contribution in [0.4, 0.5) is 0 Å². The van der Waals surface area contributed by atoms with Crippen LogP contribution in [0.2, 0.25) is 0 Å². The first-order chi connectivity index (χ1) is 10.4. The molecular weight excluding hydrogens is 286 g/mol.